The Morgan fingerprint density at radius 3 is 2.67 bits per heavy atom. The predicted octanol–water partition coefficient (Wildman–Crippen LogP) is 0.694. The number of benzene rings is 1. The van der Waals surface area contributed by atoms with Gasteiger partial charge >= 0.3 is 12.0 Å². The Morgan fingerprint density at radius 2 is 2.05 bits per heavy atom. The van der Waals surface area contributed by atoms with Crippen molar-refractivity contribution in [3.05, 3.63) is 35.4 Å². The first-order valence-corrected chi connectivity index (χ1v) is 6.27. The third kappa shape index (κ3) is 3.46. The van der Waals surface area contributed by atoms with Crippen LogP contribution in [-0.2, 0) is 11.3 Å². The van der Waals surface area contributed by atoms with Crippen molar-refractivity contribution in [3.63, 3.8) is 0 Å². The smallest absolute Gasteiger partial charge is 0.326 e. The lowest BCUT2D eigenvalue weighted by molar-refractivity contribution is -0.141. The normalized spacial score (nSPS) is 21.4. The fourth-order valence-corrected chi connectivity index (χ4v) is 2.20. The van der Waals surface area contributed by atoms with Crippen LogP contribution in [0.5, 0.6) is 0 Å². The molecule has 1 fully saturated rings. The Labute approximate surface area is 119 Å². The number of nitrogens with one attached hydrogen (secondary N) is 1. The van der Waals surface area contributed by atoms with Crippen LogP contribution >= 0.6 is 0 Å². The van der Waals surface area contributed by atoms with Crippen molar-refractivity contribution in [2.45, 2.75) is 25.1 Å². The summed E-state index contributed by atoms with van der Waals surface area (Å²) in [4.78, 5) is 23.9. The van der Waals surface area contributed by atoms with Crippen LogP contribution in [0.15, 0.2) is 18.2 Å². The van der Waals surface area contributed by atoms with E-state index in [-0.39, 0.29) is 19.5 Å². The Morgan fingerprint density at radius 1 is 1.33 bits per heavy atom. The first kappa shape index (κ1) is 15.2. The van der Waals surface area contributed by atoms with Crippen molar-refractivity contribution in [1.29, 1.82) is 0 Å². The van der Waals surface area contributed by atoms with Crippen LogP contribution in [0.3, 0.4) is 0 Å². The van der Waals surface area contributed by atoms with Gasteiger partial charge in [0.25, 0.3) is 0 Å². The molecule has 1 aromatic rings. The third-order valence-corrected chi connectivity index (χ3v) is 3.25. The SMILES string of the molecule is O=C(O)[C@@H]1CC(O)CN1C(=O)NCc1ccc(F)c(F)c1. The molecular weight excluding hydrogens is 286 g/mol. The van der Waals surface area contributed by atoms with Crippen molar-refractivity contribution in [2.75, 3.05) is 6.54 Å². The molecule has 2 rings (SSSR count). The summed E-state index contributed by atoms with van der Waals surface area (Å²) in [5.74, 6) is -3.21. The second-order valence-corrected chi connectivity index (χ2v) is 4.80. The second-order valence-electron chi connectivity index (χ2n) is 4.80. The molecule has 0 aromatic heterocycles. The van der Waals surface area contributed by atoms with E-state index in [2.05, 4.69) is 5.32 Å². The van der Waals surface area contributed by atoms with E-state index >= 15 is 0 Å². The summed E-state index contributed by atoms with van der Waals surface area (Å²) in [6.45, 7) is -0.157. The zero-order valence-corrected chi connectivity index (χ0v) is 10.9. The minimum Gasteiger partial charge on any atom is -0.480 e. The third-order valence-electron chi connectivity index (χ3n) is 3.25. The number of halogens is 2. The van der Waals surface area contributed by atoms with Gasteiger partial charge in [-0.05, 0) is 17.7 Å². The quantitative estimate of drug-likeness (QED) is 0.766. The van der Waals surface area contributed by atoms with Gasteiger partial charge in [0, 0.05) is 19.5 Å². The number of likely N-dealkylation sites (tertiary alicyclic amines) is 1. The van der Waals surface area contributed by atoms with Crippen molar-refractivity contribution in [2.24, 2.45) is 0 Å². The Balaban J connectivity index is 1.97. The maximum atomic E-state index is 13.0. The van der Waals surface area contributed by atoms with E-state index in [4.69, 9.17) is 5.11 Å². The maximum absolute atomic E-state index is 13.0. The number of carboxylic acid groups (broad SMARTS) is 1. The van der Waals surface area contributed by atoms with Crippen LogP contribution in [0.1, 0.15) is 12.0 Å². The van der Waals surface area contributed by atoms with E-state index in [9.17, 15) is 23.5 Å². The molecule has 1 aliphatic heterocycles. The standard InChI is InChI=1S/C13H14F2N2O4/c14-9-2-1-7(3-10(9)15)5-16-13(21)17-6-8(18)4-11(17)12(19)20/h1-3,8,11,18H,4-6H2,(H,16,21)(H,19,20)/t8?,11-/m0/s1. The summed E-state index contributed by atoms with van der Waals surface area (Å²) in [6.07, 6.45) is -0.923. The Hall–Kier alpha value is -2.22. The number of carbonyl (C=O) groups excluding carboxylic acids is 1. The molecule has 1 unspecified atom stereocenters. The topological polar surface area (TPSA) is 89.9 Å². The summed E-state index contributed by atoms with van der Waals surface area (Å²) in [5, 5.41) is 20.8. The number of hydrogen-bond donors (Lipinski definition) is 3. The van der Waals surface area contributed by atoms with Gasteiger partial charge in [-0.2, -0.15) is 0 Å². The summed E-state index contributed by atoms with van der Waals surface area (Å²) in [7, 11) is 0. The first-order chi connectivity index (χ1) is 9.88. The maximum Gasteiger partial charge on any atom is 0.326 e. The molecule has 21 heavy (non-hydrogen) atoms. The van der Waals surface area contributed by atoms with Crippen LogP contribution in [0.4, 0.5) is 13.6 Å². The molecule has 114 valence electrons. The lowest BCUT2D eigenvalue weighted by Crippen LogP contribution is -2.45. The molecule has 0 saturated carbocycles. The molecule has 0 aliphatic carbocycles. The number of nitrogens with zero attached hydrogens (tertiary/aromatic N) is 1. The first-order valence-electron chi connectivity index (χ1n) is 6.27. The number of amides is 2. The minimum atomic E-state index is -1.20. The second kappa shape index (κ2) is 6.04. The summed E-state index contributed by atoms with van der Waals surface area (Å²) >= 11 is 0. The molecule has 0 radical (unpaired) electrons. The van der Waals surface area contributed by atoms with Crippen LogP contribution < -0.4 is 5.32 Å². The van der Waals surface area contributed by atoms with E-state index in [1.54, 1.807) is 0 Å². The van der Waals surface area contributed by atoms with E-state index in [0.29, 0.717) is 5.56 Å². The molecule has 8 heteroatoms. The molecule has 1 heterocycles. The summed E-state index contributed by atoms with van der Waals surface area (Å²) in [6, 6.07) is 1.43. The van der Waals surface area contributed by atoms with Gasteiger partial charge in [0.2, 0.25) is 0 Å². The molecule has 2 amide bonds. The number of rotatable bonds is 3. The van der Waals surface area contributed by atoms with Gasteiger partial charge in [0.05, 0.1) is 6.10 Å². The largest absolute Gasteiger partial charge is 0.480 e. The molecule has 0 spiro atoms. The average Bonchev–Trinajstić information content (AvgIpc) is 2.82. The van der Waals surface area contributed by atoms with E-state index < -0.39 is 35.8 Å². The predicted molar refractivity (Wildman–Crippen MR) is 67.3 cm³/mol. The average molecular weight is 300 g/mol. The van der Waals surface area contributed by atoms with Gasteiger partial charge in [-0.3, -0.25) is 0 Å². The number of aliphatic hydroxyl groups excluding tert-OH is 1. The van der Waals surface area contributed by atoms with Gasteiger partial charge < -0.3 is 20.4 Å². The molecule has 2 atom stereocenters. The lowest BCUT2D eigenvalue weighted by atomic mass is 10.2. The van der Waals surface area contributed by atoms with Crippen LogP contribution in [0.2, 0.25) is 0 Å². The monoisotopic (exact) mass is 300 g/mol. The summed E-state index contributed by atoms with van der Waals surface area (Å²) in [5.41, 5.74) is 0.342. The van der Waals surface area contributed by atoms with Crippen molar-refractivity contribution < 1.29 is 28.6 Å². The molecular formula is C13H14F2N2O4. The van der Waals surface area contributed by atoms with E-state index in [1.807, 2.05) is 0 Å². The highest BCUT2D eigenvalue weighted by Crippen LogP contribution is 2.18. The number of β-amino-alcohol motifs (C(OH)–C–C–N with tert-alkyl or cyclic N) is 1. The van der Waals surface area contributed by atoms with E-state index in [0.717, 1.165) is 17.0 Å². The molecule has 6 nitrogen and oxygen atoms in total. The van der Waals surface area contributed by atoms with Crippen LogP contribution in [0, 0.1) is 11.6 Å². The molecule has 3 N–H and O–H groups in total. The number of aliphatic carboxylic acids is 1. The number of carbonyl (C=O) groups is 2. The van der Waals surface area contributed by atoms with Crippen molar-refractivity contribution >= 4 is 12.0 Å². The van der Waals surface area contributed by atoms with Gasteiger partial charge in [-0.15, -0.1) is 0 Å². The molecule has 1 aliphatic rings. The number of urea groups is 1. The van der Waals surface area contributed by atoms with Crippen molar-refractivity contribution in [1.82, 2.24) is 10.2 Å². The molecule has 1 saturated heterocycles. The molecule has 0 bridgehead atoms. The fraction of sp³-hybridized carbons (Fsp3) is 0.385. The van der Waals surface area contributed by atoms with Gasteiger partial charge in [0.1, 0.15) is 6.04 Å². The van der Waals surface area contributed by atoms with Crippen LogP contribution in [-0.4, -0.2) is 45.8 Å². The van der Waals surface area contributed by atoms with Gasteiger partial charge in [0.15, 0.2) is 11.6 Å². The van der Waals surface area contributed by atoms with Gasteiger partial charge in [-0.25, -0.2) is 18.4 Å². The summed E-state index contributed by atoms with van der Waals surface area (Å²) < 4.78 is 25.8. The Bertz CT molecular complexity index is 567. The van der Waals surface area contributed by atoms with Gasteiger partial charge in [-0.1, -0.05) is 6.07 Å². The Kier molecular flexibility index (Phi) is 4.37. The zero-order chi connectivity index (χ0) is 15.6. The van der Waals surface area contributed by atoms with E-state index in [1.165, 1.54) is 6.07 Å². The van der Waals surface area contributed by atoms with Crippen molar-refractivity contribution in [3.8, 4) is 0 Å². The number of carboxylic acids is 1. The minimum absolute atomic E-state index is 0.0338. The highest BCUT2D eigenvalue weighted by molar-refractivity contribution is 5.83. The number of hydrogen-bond acceptors (Lipinski definition) is 3. The highest BCUT2D eigenvalue weighted by Gasteiger charge is 2.38. The molecule has 1 aromatic carbocycles. The zero-order valence-electron chi connectivity index (χ0n) is 10.9. The fourth-order valence-electron chi connectivity index (χ4n) is 2.20. The number of aliphatic hydroxyl groups is 1. The highest BCUT2D eigenvalue weighted by atomic mass is 19.2. The lowest BCUT2D eigenvalue weighted by Gasteiger charge is -2.21. The van der Waals surface area contributed by atoms with Crippen LogP contribution in [0.25, 0.3) is 0 Å².